The molecule has 0 bridgehead atoms. The van der Waals surface area contributed by atoms with Crippen molar-refractivity contribution in [3.63, 3.8) is 0 Å². The largest absolute Gasteiger partial charge is 0.417 e. The van der Waals surface area contributed by atoms with E-state index in [1.54, 1.807) is 11.8 Å². The van der Waals surface area contributed by atoms with Crippen LogP contribution >= 0.6 is 11.8 Å². The van der Waals surface area contributed by atoms with Gasteiger partial charge in [-0.25, -0.2) is 4.98 Å². The Morgan fingerprint density at radius 1 is 1.30 bits per heavy atom. The van der Waals surface area contributed by atoms with Crippen LogP contribution in [0.25, 0.3) is 0 Å². The monoisotopic (exact) mass is 345 g/mol. The third-order valence-electron chi connectivity index (χ3n) is 4.77. The fourth-order valence-electron chi connectivity index (χ4n) is 3.32. The van der Waals surface area contributed by atoms with Gasteiger partial charge in [-0.3, -0.25) is 4.90 Å². The molecule has 128 valence electrons. The van der Waals surface area contributed by atoms with E-state index in [4.69, 9.17) is 0 Å². The quantitative estimate of drug-likeness (QED) is 0.774. The summed E-state index contributed by atoms with van der Waals surface area (Å²) in [4.78, 5) is 8.87. The standard InChI is InChI=1S/C16H22F3N3S/c1-10(2)21-4-5-22-14(8-21)11(3)23-9-12-6-13(16(17,18)19)7-20-15(12)22/h6-7,10-11,14H,4-5,8-9H2,1-3H3/t11?,14-/m1/s1. The second-order valence-corrected chi connectivity index (χ2v) is 7.94. The number of nitrogens with zero attached hydrogens (tertiary/aromatic N) is 3. The highest BCUT2D eigenvalue weighted by atomic mass is 32.2. The van der Waals surface area contributed by atoms with Crippen molar-refractivity contribution in [1.82, 2.24) is 9.88 Å². The summed E-state index contributed by atoms with van der Waals surface area (Å²) in [6, 6.07) is 2.05. The van der Waals surface area contributed by atoms with Crippen molar-refractivity contribution < 1.29 is 13.2 Å². The van der Waals surface area contributed by atoms with Crippen LogP contribution in [-0.2, 0) is 11.9 Å². The molecule has 7 heteroatoms. The maximum Gasteiger partial charge on any atom is 0.417 e. The molecule has 1 aromatic heterocycles. The van der Waals surface area contributed by atoms with Gasteiger partial charge in [0, 0.05) is 48.4 Å². The van der Waals surface area contributed by atoms with Crippen molar-refractivity contribution in [2.45, 2.75) is 50.0 Å². The van der Waals surface area contributed by atoms with Gasteiger partial charge in [0.1, 0.15) is 5.82 Å². The normalized spacial score (nSPS) is 26.0. The second-order valence-electron chi connectivity index (χ2n) is 6.57. The highest BCUT2D eigenvalue weighted by Crippen LogP contribution is 2.38. The smallest absolute Gasteiger partial charge is 0.350 e. The van der Waals surface area contributed by atoms with E-state index in [-0.39, 0.29) is 0 Å². The van der Waals surface area contributed by atoms with Crippen molar-refractivity contribution in [1.29, 1.82) is 0 Å². The van der Waals surface area contributed by atoms with E-state index in [1.807, 2.05) is 0 Å². The number of anilines is 1. The number of alkyl halides is 3. The summed E-state index contributed by atoms with van der Waals surface area (Å²) in [7, 11) is 0. The minimum Gasteiger partial charge on any atom is -0.350 e. The van der Waals surface area contributed by atoms with E-state index < -0.39 is 11.7 Å². The summed E-state index contributed by atoms with van der Waals surface area (Å²) in [5.74, 6) is 1.32. The van der Waals surface area contributed by atoms with Crippen molar-refractivity contribution in [2.75, 3.05) is 24.5 Å². The van der Waals surface area contributed by atoms with E-state index in [1.165, 1.54) is 6.07 Å². The lowest BCUT2D eigenvalue weighted by atomic mass is 10.1. The Kier molecular flexibility index (Phi) is 4.53. The minimum atomic E-state index is -4.33. The van der Waals surface area contributed by atoms with Gasteiger partial charge in [0.05, 0.1) is 11.6 Å². The Hall–Kier alpha value is -0.950. The summed E-state index contributed by atoms with van der Waals surface area (Å²) >= 11 is 1.72. The number of thioether (sulfide) groups is 1. The number of halogens is 3. The number of aromatic nitrogens is 1. The summed E-state index contributed by atoms with van der Waals surface area (Å²) in [6.07, 6.45) is -3.36. The van der Waals surface area contributed by atoms with E-state index in [2.05, 4.69) is 35.6 Å². The molecule has 1 saturated heterocycles. The summed E-state index contributed by atoms with van der Waals surface area (Å²) in [5, 5.41) is 0.361. The lowest BCUT2D eigenvalue weighted by Gasteiger charge is -2.45. The molecule has 0 aliphatic carbocycles. The molecular weight excluding hydrogens is 323 g/mol. The Morgan fingerprint density at radius 3 is 2.70 bits per heavy atom. The van der Waals surface area contributed by atoms with Gasteiger partial charge in [-0.15, -0.1) is 0 Å². The van der Waals surface area contributed by atoms with Crippen LogP contribution in [0, 0.1) is 0 Å². The lowest BCUT2D eigenvalue weighted by molar-refractivity contribution is -0.137. The summed E-state index contributed by atoms with van der Waals surface area (Å²) in [5.41, 5.74) is 0.0564. The second kappa shape index (κ2) is 6.16. The number of pyridine rings is 1. The summed E-state index contributed by atoms with van der Waals surface area (Å²) < 4.78 is 38.8. The van der Waals surface area contributed by atoms with Crippen LogP contribution in [-0.4, -0.2) is 46.9 Å². The molecule has 3 nitrogen and oxygen atoms in total. The van der Waals surface area contributed by atoms with E-state index in [0.29, 0.717) is 28.6 Å². The Labute approximate surface area is 139 Å². The van der Waals surface area contributed by atoms with Crippen molar-refractivity contribution in [3.8, 4) is 0 Å². The van der Waals surface area contributed by atoms with Gasteiger partial charge < -0.3 is 4.90 Å². The van der Waals surface area contributed by atoms with Crippen LogP contribution in [0.3, 0.4) is 0 Å². The molecule has 0 amide bonds. The Morgan fingerprint density at radius 2 is 2.04 bits per heavy atom. The molecule has 3 rings (SSSR count). The zero-order valence-electron chi connectivity index (χ0n) is 13.6. The molecule has 0 spiro atoms. The fourth-order valence-corrected chi connectivity index (χ4v) is 4.43. The van der Waals surface area contributed by atoms with Gasteiger partial charge in [-0.2, -0.15) is 24.9 Å². The van der Waals surface area contributed by atoms with Crippen molar-refractivity contribution in [3.05, 3.63) is 23.4 Å². The predicted molar refractivity (Wildman–Crippen MR) is 87.8 cm³/mol. The van der Waals surface area contributed by atoms with Gasteiger partial charge >= 0.3 is 6.18 Å². The zero-order chi connectivity index (χ0) is 16.8. The Bertz CT molecular complexity index is 576. The summed E-state index contributed by atoms with van der Waals surface area (Å²) in [6.45, 7) is 9.22. The third-order valence-corrected chi connectivity index (χ3v) is 6.08. The first-order chi connectivity index (χ1) is 10.8. The van der Waals surface area contributed by atoms with Crippen LogP contribution < -0.4 is 4.90 Å². The molecule has 0 aromatic carbocycles. The molecule has 2 aliphatic rings. The fraction of sp³-hybridized carbons (Fsp3) is 0.688. The van der Waals surface area contributed by atoms with E-state index in [9.17, 15) is 13.2 Å². The number of rotatable bonds is 1. The maximum atomic E-state index is 12.9. The third kappa shape index (κ3) is 3.31. The minimum absolute atomic E-state index is 0.293. The molecule has 1 fully saturated rings. The maximum absolute atomic E-state index is 12.9. The van der Waals surface area contributed by atoms with Crippen LogP contribution in [0.4, 0.5) is 19.0 Å². The Balaban J connectivity index is 1.94. The zero-order valence-corrected chi connectivity index (χ0v) is 14.4. The molecule has 1 aromatic rings. The van der Waals surface area contributed by atoms with Crippen LogP contribution in [0.1, 0.15) is 31.9 Å². The van der Waals surface area contributed by atoms with Crippen molar-refractivity contribution >= 4 is 17.6 Å². The molecule has 0 radical (unpaired) electrons. The van der Waals surface area contributed by atoms with Crippen LogP contribution in [0.15, 0.2) is 12.3 Å². The molecule has 3 heterocycles. The van der Waals surface area contributed by atoms with Crippen LogP contribution in [0.2, 0.25) is 0 Å². The molecule has 23 heavy (non-hydrogen) atoms. The molecule has 0 saturated carbocycles. The number of fused-ring (bicyclic) bond motifs is 3. The predicted octanol–water partition coefficient (Wildman–Crippen LogP) is 3.63. The molecule has 0 N–H and O–H groups in total. The topological polar surface area (TPSA) is 19.4 Å². The highest BCUT2D eigenvalue weighted by molar-refractivity contribution is 7.99. The average Bonchev–Trinajstić information content (AvgIpc) is 2.63. The first-order valence-corrected chi connectivity index (χ1v) is 9.00. The highest BCUT2D eigenvalue weighted by Gasteiger charge is 2.38. The van der Waals surface area contributed by atoms with Crippen LogP contribution in [0.5, 0.6) is 0 Å². The number of piperazine rings is 1. The van der Waals surface area contributed by atoms with Gasteiger partial charge in [-0.05, 0) is 19.9 Å². The van der Waals surface area contributed by atoms with Gasteiger partial charge in [-0.1, -0.05) is 6.92 Å². The first kappa shape index (κ1) is 16.9. The lowest BCUT2D eigenvalue weighted by Crippen LogP contribution is -2.58. The van der Waals surface area contributed by atoms with E-state index >= 15 is 0 Å². The molecule has 2 aliphatic heterocycles. The molecular formula is C16H22F3N3S. The molecule has 1 unspecified atom stereocenters. The van der Waals surface area contributed by atoms with Gasteiger partial charge in [0.15, 0.2) is 0 Å². The number of hydrogen-bond donors (Lipinski definition) is 0. The van der Waals surface area contributed by atoms with Gasteiger partial charge in [0.25, 0.3) is 0 Å². The van der Waals surface area contributed by atoms with Crippen molar-refractivity contribution in [2.24, 2.45) is 0 Å². The van der Waals surface area contributed by atoms with Gasteiger partial charge in [0.2, 0.25) is 0 Å². The number of hydrogen-bond acceptors (Lipinski definition) is 4. The first-order valence-electron chi connectivity index (χ1n) is 7.96. The molecule has 2 atom stereocenters. The van der Waals surface area contributed by atoms with E-state index in [0.717, 1.165) is 31.6 Å². The average molecular weight is 345 g/mol. The SMILES string of the molecule is CC1SCc2cc(C(F)(F)F)cnc2N2CCN(C(C)C)C[C@H]12.